The third kappa shape index (κ3) is 2.94. The third-order valence-electron chi connectivity index (χ3n) is 3.65. The molecule has 1 amide bonds. The van der Waals surface area contributed by atoms with Crippen LogP contribution in [0.25, 0.3) is 16.6 Å². The highest BCUT2D eigenvalue weighted by molar-refractivity contribution is 8.00. The molecule has 0 bridgehead atoms. The van der Waals surface area contributed by atoms with Gasteiger partial charge in [0.15, 0.2) is 10.8 Å². The van der Waals surface area contributed by atoms with E-state index in [4.69, 9.17) is 0 Å². The van der Waals surface area contributed by atoms with Gasteiger partial charge in [0.25, 0.3) is 0 Å². The van der Waals surface area contributed by atoms with E-state index in [0.717, 1.165) is 27.3 Å². The molecule has 1 aromatic carbocycles. The van der Waals surface area contributed by atoms with E-state index in [1.54, 1.807) is 6.08 Å². The van der Waals surface area contributed by atoms with Crippen molar-refractivity contribution in [1.82, 2.24) is 19.9 Å². The van der Waals surface area contributed by atoms with Crippen LogP contribution in [0.3, 0.4) is 0 Å². The predicted octanol–water partition coefficient (Wildman–Crippen LogP) is 2.97. The lowest BCUT2D eigenvalue weighted by molar-refractivity contribution is -0.120. The van der Waals surface area contributed by atoms with Gasteiger partial charge in [-0.3, -0.25) is 9.20 Å². The van der Waals surface area contributed by atoms with E-state index in [0.29, 0.717) is 6.54 Å². The minimum absolute atomic E-state index is 0.0388. The molecule has 6 heteroatoms. The maximum atomic E-state index is 12.0. The normalized spacial score (nSPS) is 12.4. The van der Waals surface area contributed by atoms with Crippen molar-refractivity contribution >= 4 is 34.2 Å². The van der Waals surface area contributed by atoms with E-state index in [1.165, 1.54) is 11.8 Å². The highest BCUT2D eigenvalue weighted by Gasteiger charge is 2.18. The molecule has 5 nitrogen and oxygen atoms in total. The number of benzene rings is 1. The minimum atomic E-state index is -0.262. The van der Waals surface area contributed by atoms with Gasteiger partial charge < -0.3 is 5.32 Å². The molecule has 2 aromatic heterocycles. The zero-order valence-corrected chi connectivity index (χ0v) is 13.9. The smallest absolute Gasteiger partial charge is 0.233 e. The molecule has 0 saturated carbocycles. The van der Waals surface area contributed by atoms with Crippen LogP contribution in [0.4, 0.5) is 0 Å². The zero-order valence-electron chi connectivity index (χ0n) is 13.1. The molecule has 0 aliphatic carbocycles. The van der Waals surface area contributed by atoms with Crippen LogP contribution < -0.4 is 5.32 Å². The quantitative estimate of drug-likeness (QED) is 0.578. The molecule has 1 unspecified atom stereocenters. The van der Waals surface area contributed by atoms with Crippen LogP contribution in [-0.2, 0) is 4.79 Å². The van der Waals surface area contributed by atoms with Crippen molar-refractivity contribution in [3.63, 3.8) is 0 Å². The summed E-state index contributed by atoms with van der Waals surface area (Å²) in [6.07, 6.45) is 1.66. The number of hydrogen-bond donors (Lipinski definition) is 1. The van der Waals surface area contributed by atoms with Crippen molar-refractivity contribution in [3.05, 3.63) is 48.6 Å². The molecule has 2 heterocycles. The van der Waals surface area contributed by atoms with Crippen LogP contribution in [0.5, 0.6) is 0 Å². The lowest BCUT2D eigenvalue weighted by Crippen LogP contribution is -2.31. The standard InChI is InChI=1S/C17H18N4OS/c1-4-9-18-16(22)12(3)23-17-20-19-15-10-11(2)13-7-5-6-8-14(13)21(15)17/h4-8,10,12H,1,9H2,2-3H3,(H,18,22). The second-order valence-corrected chi connectivity index (χ2v) is 6.62. The highest BCUT2D eigenvalue weighted by Crippen LogP contribution is 2.27. The van der Waals surface area contributed by atoms with E-state index >= 15 is 0 Å². The first-order valence-corrected chi connectivity index (χ1v) is 8.28. The molecule has 3 rings (SSSR count). The Morgan fingerprint density at radius 3 is 3.00 bits per heavy atom. The Morgan fingerprint density at radius 1 is 1.43 bits per heavy atom. The number of hydrogen-bond acceptors (Lipinski definition) is 4. The average Bonchev–Trinajstić information content (AvgIpc) is 2.95. The molecule has 0 saturated heterocycles. The van der Waals surface area contributed by atoms with Gasteiger partial charge in [0.2, 0.25) is 5.91 Å². The fourth-order valence-corrected chi connectivity index (χ4v) is 3.37. The monoisotopic (exact) mass is 326 g/mol. The van der Waals surface area contributed by atoms with Crippen LogP contribution >= 0.6 is 11.8 Å². The number of rotatable bonds is 5. The summed E-state index contributed by atoms with van der Waals surface area (Å²) in [5.41, 5.74) is 3.00. The number of carbonyl (C=O) groups is 1. The van der Waals surface area contributed by atoms with Crippen molar-refractivity contribution in [2.75, 3.05) is 6.54 Å². The summed E-state index contributed by atoms with van der Waals surface area (Å²) >= 11 is 1.40. The first-order chi connectivity index (χ1) is 11.1. The number of aryl methyl sites for hydroxylation is 1. The molecule has 1 N–H and O–H groups in total. The van der Waals surface area contributed by atoms with E-state index < -0.39 is 0 Å². The number of thioether (sulfide) groups is 1. The first-order valence-electron chi connectivity index (χ1n) is 7.40. The Balaban J connectivity index is 2.00. The molecule has 0 radical (unpaired) electrons. The molecule has 1 atom stereocenters. The summed E-state index contributed by atoms with van der Waals surface area (Å²) in [6, 6.07) is 10.2. The Labute approximate surface area is 138 Å². The van der Waals surface area contributed by atoms with E-state index in [2.05, 4.69) is 35.1 Å². The predicted molar refractivity (Wildman–Crippen MR) is 93.8 cm³/mol. The number of para-hydroxylation sites is 1. The lowest BCUT2D eigenvalue weighted by Gasteiger charge is -2.11. The number of amides is 1. The molecule has 0 spiro atoms. The molecular formula is C17H18N4OS. The van der Waals surface area contributed by atoms with Crippen LogP contribution in [-0.4, -0.2) is 32.3 Å². The van der Waals surface area contributed by atoms with Crippen LogP contribution in [0.2, 0.25) is 0 Å². The molecule has 0 fully saturated rings. The van der Waals surface area contributed by atoms with Gasteiger partial charge in [0.05, 0.1) is 10.8 Å². The number of carbonyl (C=O) groups excluding carboxylic acids is 1. The number of nitrogens with zero attached hydrogens (tertiary/aromatic N) is 3. The molecule has 23 heavy (non-hydrogen) atoms. The van der Waals surface area contributed by atoms with Crippen molar-refractivity contribution in [3.8, 4) is 0 Å². The highest BCUT2D eigenvalue weighted by atomic mass is 32.2. The van der Waals surface area contributed by atoms with E-state index in [-0.39, 0.29) is 11.2 Å². The second-order valence-electron chi connectivity index (χ2n) is 5.31. The third-order valence-corrected chi connectivity index (χ3v) is 4.69. The van der Waals surface area contributed by atoms with Gasteiger partial charge in [-0.25, -0.2) is 0 Å². The van der Waals surface area contributed by atoms with Crippen LogP contribution in [0, 0.1) is 6.92 Å². The van der Waals surface area contributed by atoms with Gasteiger partial charge in [-0.15, -0.1) is 16.8 Å². The van der Waals surface area contributed by atoms with E-state index in [1.807, 2.05) is 35.6 Å². The van der Waals surface area contributed by atoms with Crippen molar-refractivity contribution < 1.29 is 4.79 Å². The van der Waals surface area contributed by atoms with Crippen molar-refractivity contribution in [1.29, 1.82) is 0 Å². The minimum Gasteiger partial charge on any atom is -0.352 e. The maximum absolute atomic E-state index is 12.0. The first kappa shape index (κ1) is 15.6. The molecule has 0 aliphatic heterocycles. The summed E-state index contributed by atoms with van der Waals surface area (Å²) in [5.74, 6) is -0.0388. The second kappa shape index (κ2) is 6.42. The summed E-state index contributed by atoms with van der Waals surface area (Å²) < 4.78 is 2.00. The fraction of sp³-hybridized carbons (Fsp3) is 0.235. The van der Waals surface area contributed by atoms with Gasteiger partial charge in [0, 0.05) is 11.9 Å². The summed E-state index contributed by atoms with van der Waals surface area (Å²) in [6.45, 7) is 7.99. The van der Waals surface area contributed by atoms with Gasteiger partial charge >= 0.3 is 0 Å². The number of nitrogens with one attached hydrogen (secondary N) is 1. The maximum Gasteiger partial charge on any atom is 0.233 e. The van der Waals surface area contributed by atoms with Gasteiger partial charge in [-0.05, 0) is 31.5 Å². The Kier molecular flexibility index (Phi) is 4.34. The average molecular weight is 326 g/mol. The number of pyridine rings is 1. The molecule has 0 aliphatic rings. The van der Waals surface area contributed by atoms with Crippen LogP contribution in [0.1, 0.15) is 12.5 Å². The molecule has 3 aromatic rings. The Bertz CT molecular complexity index is 887. The number of fused-ring (bicyclic) bond motifs is 3. The van der Waals surface area contributed by atoms with Gasteiger partial charge in [0.1, 0.15) is 0 Å². The van der Waals surface area contributed by atoms with E-state index in [9.17, 15) is 4.79 Å². The molecule has 118 valence electrons. The van der Waals surface area contributed by atoms with Crippen molar-refractivity contribution in [2.24, 2.45) is 0 Å². The summed E-state index contributed by atoms with van der Waals surface area (Å²) in [5, 5.41) is 12.9. The summed E-state index contributed by atoms with van der Waals surface area (Å²) in [7, 11) is 0. The topological polar surface area (TPSA) is 59.3 Å². The Morgan fingerprint density at radius 2 is 2.22 bits per heavy atom. The van der Waals surface area contributed by atoms with Gasteiger partial charge in [-0.1, -0.05) is 36.0 Å². The largest absolute Gasteiger partial charge is 0.352 e. The molecular weight excluding hydrogens is 308 g/mol. The summed E-state index contributed by atoms with van der Waals surface area (Å²) in [4.78, 5) is 12.0. The zero-order chi connectivity index (χ0) is 16.4. The fourth-order valence-electron chi connectivity index (χ4n) is 2.48. The van der Waals surface area contributed by atoms with Crippen LogP contribution in [0.15, 0.2) is 48.1 Å². The van der Waals surface area contributed by atoms with Gasteiger partial charge in [-0.2, -0.15) is 0 Å². The SMILES string of the molecule is C=CCNC(=O)C(C)Sc1nnc2cc(C)c3ccccc3n12. The lowest BCUT2D eigenvalue weighted by atomic mass is 10.1. The number of aromatic nitrogens is 3. The van der Waals surface area contributed by atoms with Crippen molar-refractivity contribution in [2.45, 2.75) is 24.3 Å². The Hall–Kier alpha value is -2.34.